The van der Waals surface area contributed by atoms with Gasteiger partial charge in [-0.1, -0.05) is 13.8 Å². The highest BCUT2D eigenvalue weighted by Crippen LogP contribution is 2.25. The molecule has 2 amide bonds. The second kappa shape index (κ2) is 7.78. The molecular weight excluding hydrogens is 282 g/mol. The maximum Gasteiger partial charge on any atom is 0.319 e. The zero-order chi connectivity index (χ0) is 16.0. The van der Waals surface area contributed by atoms with Gasteiger partial charge in [-0.3, -0.25) is 0 Å². The Labute approximate surface area is 122 Å². The number of anilines is 1. The molecule has 0 fully saturated rings. The fourth-order valence-electron chi connectivity index (χ4n) is 1.67. The first kappa shape index (κ1) is 17.2. The van der Waals surface area contributed by atoms with Gasteiger partial charge in [-0.15, -0.1) is 0 Å². The summed E-state index contributed by atoms with van der Waals surface area (Å²) in [6, 6.07) is 1.32. The zero-order valence-electron chi connectivity index (χ0n) is 12.2. The predicted molar refractivity (Wildman–Crippen MR) is 75.4 cm³/mol. The lowest BCUT2D eigenvalue weighted by atomic mass is 10.0. The summed E-state index contributed by atoms with van der Waals surface area (Å²) in [7, 11) is 1.15. The van der Waals surface area contributed by atoms with Gasteiger partial charge in [0.1, 0.15) is 0 Å². The number of ether oxygens (including phenoxy) is 1. The topological polar surface area (TPSA) is 70.6 Å². The van der Waals surface area contributed by atoms with Crippen molar-refractivity contribution in [3.05, 3.63) is 23.8 Å². The molecule has 1 aromatic carbocycles. The third-order valence-electron chi connectivity index (χ3n) is 2.96. The highest BCUT2D eigenvalue weighted by molar-refractivity contribution is 5.89. The van der Waals surface area contributed by atoms with Crippen LogP contribution in [0.15, 0.2) is 12.1 Å². The first-order chi connectivity index (χ1) is 9.85. The van der Waals surface area contributed by atoms with Crippen molar-refractivity contribution in [1.82, 2.24) is 5.32 Å². The third-order valence-corrected chi connectivity index (χ3v) is 2.96. The second-order valence-electron chi connectivity index (χ2n) is 4.95. The molecule has 0 spiro atoms. The number of rotatable bonds is 6. The van der Waals surface area contributed by atoms with Gasteiger partial charge in [-0.25, -0.2) is 13.6 Å². The second-order valence-corrected chi connectivity index (χ2v) is 4.95. The molecule has 1 aromatic rings. The number of nitrogens with one attached hydrogen (secondary N) is 2. The number of aliphatic hydroxyl groups excluding tert-OH is 1. The SMILES string of the molecule is COc1c(F)cc(NC(=O)NCCC(O)C(C)C)cc1F. The summed E-state index contributed by atoms with van der Waals surface area (Å²) < 4.78 is 31.4. The van der Waals surface area contributed by atoms with E-state index >= 15 is 0 Å². The van der Waals surface area contributed by atoms with Crippen LogP contribution in [0.2, 0.25) is 0 Å². The van der Waals surface area contributed by atoms with E-state index in [1.54, 1.807) is 0 Å². The van der Waals surface area contributed by atoms with E-state index in [0.717, 1.165) is 19.2 Å². The van der Waals surface area contributed by atoms with Crippen molar-refractivity contribution < 1.29 is 23.4 Å². The summed E-state index contributed by atoms with van der Waals surface area (Å²) in [6.07, 6.45) is -0.114. The number of benzene rings is 1. The lowest BCUT2D eigenvalue weighted by molar-refractivity contribution is 0.117. The minimum Gasteiger partial charge on any atom is -0.491 e. The van der Waals surface area contributed by atoms with Crippen LogP contribution in [0.5, 0.6) is 5.75 Å². The van der Waals surface area contributed by atoms with Gasteiger partial charge in [0, 0.05) is 24.4 Å². The molecule has 0 radical (unpaired) electrons. The summed E-state index contributed by atoms with van der Waals surface area (Å²) in [4.78, 5) is 11.6. The average molecular weight is 302 g/mol. The quantitative estimate of drug-likeness (QED) is 0.756. The fourth-order valence-corrected chi connectivity index (χ4v) is 1.67. The van der Waals surface area contributed by atoms with Crippen LogP contribution in [0.3, 0.4) is 0 Å². The summed E-state index contributed by atoms with van der Waals surface area (Å²) in [5.74, 6) is -2.20. The molecule has 118 valence electrons. The van der Waals surface area contributed by atoms with Crippen LogP contribution in [-0.4, -0.2) is 30.9 Å². The number of amides is 2. The van der Waals surface area contributed by atoms with Crippen LogP contribution in [0.1, 0.15) is 20.3 Å². The maximum absolute atomic E-state index is 13.4. The van der Waals surface area contributed by atoms with Gasteiger partial charge in [0.2, 0.25) is 0 Å². The first-order valence-corrected chi connectivity index (χ1v) is 6.61. The van der Waals surface area contributed by atoms with Crippen LogP contribution < -0.4 is 15.4 Å². The van der Waals surface area contributed by atoms with Crippen LogP contribution in [0.4, 0.5) is 19.3 Å². The Balaban J connectivity index is 2.52. The van der Waals surface area contributed by atoms with Gasteiger partial charge in [-0.2, -0.15) is 0 Å². The molecule has 1 rings (SSSR count). The van der Waals surface area contributed by atoms with Crippen LogP contribution in [0.25, 0.3) is 0 Å². The fraction of sp³-hybridized carbons (Fsp3) is 0.500. The smallest absolute Gasteiger partial charge is 0.319 e. The summed E-state index contributed by atoms with van der Waals surface area (Å²) in [6.45, 7) is 3.99. The number of aliphatic hydroxyl groups is 1. The third kappa shape index (κ3) is 5.18. The van der Waals surface area contributed by atoms with E-state index in [0.29, 0.717) is 6.42 Å². The minimum absolute atomic E-state index is 0.0206. The van der Waals surface area contributed by atoms with E-state index in [-0.39, 0.29) is 18.2 Å². The van der Waals surface area contributed by atoms with Gasteiger partial charge >= 0.3 is 6.03 Å². The molecule has 0 aliphatic heterocycles. The zero-order valence-corrected chi connectivity index (χ0v) is 12.2. The van der Waals surface area contributed by atoms with Crippen molar-refractivity contribution in [2.75, 3.05) is 19.0 Å². The Morgan fingerprint density at radius 1 is 1.33 bits per heavy atom. The van der Waals surface area contributed by atoms with Gasteiger partial charge in [0.15, 0.2) is 17.4 Å². The number of carbonyl (C=O) groups is 1. The molecule has 0 bridgehead atoms. The average Bonchev–Trinajstić information content (AvgIpc) is 2.37. The molecule has 21 heavy (non-hydrogen) atoms. The molecule has 0 aromatic heterocycles. The van der Waals surface area contributed by atoms with Crippen LogP contribution >= 0.6 is 0 Å². The Kier molecular flexibility index (Phi) is 6.36. The largest absolute Gasteiger partial charge is 0.491 e. The number of halogens is 2. The van der Waals surface area contributed by atoms with E-state index in [1.165, 1.54) is 0 Å². The van der Waals surface area contributed by atoms with E-state index < -0.39 is 29.5 Å². The highest BCUT2D eigenvalue weighted by Gasteiger charge is 2.13. The summed E-state index contributed by atoms with van der Waals surface area (Å²) >= 11 is 0. The van der Waals surface area contributed by atoms with Gasteiger partial charge in [-0.05, 0) is 12.3 Å². The monoisotopic (exact) mass is 302 g/mol. The molecule has 1 atom stereocenters. The number of carbonyl (C=O) groups excluding carboxylic acids is 1. The van der Waals surface area contributed by atoms with E-state index in [4.69, 9.17) is 0 Å². The standard InChI is InChI=1S/C14H20F2N2O3/c1-8(2)12(19)4-5-17-14(20)18-9-6-10(15)13(21-3)11(16)7-9/h6-8,12,19H,4-5H2,1-3H3,(H2,17,18,20). The van der Waals surface area contributed by atoms with Gasteiger partial charge < -0.3 is 20.5 Å². The lowest BCUT2D eigenvalue weighted by Gasteiger charge is -2.15. The van der Waals surface area contributed by atoms with Crippen molar-refractivity contribution in [2.24, 2.45) is 5.92 Å². The first-order valence-electron chi connectivity index (χ1n) is 6.61. The lowest BCUT2D eigenvalue weighted by Crippen LogP contribution is -2.32. The number of hydrogen-bond acceptors (Lipinski definition) is 3. The summed E-state index contributed by atoms with van der Waals surface area (Å²) in [5, 5.41) is 14.4. The van der Waals surface area contributed by atoms with E-state index in [2.05, 4.69) is 15.4 Å². The predicted octanol–water partition coefficient (Wildman–Crippen LogP) is 2.50. The molecular formula is C14H20F2N2O3. The number of methoxy groups -OCH3 is 1. The van der Waals surface area contributed by atoms with Crippen molar-refractivity contribution in [3.63, 3.8) is 0 Å². The Morgan fingerprint density at radius 3 is 2.38 bits per heavy atom. The molecule has 0 saturated carbocycles. The normalized spacial score (nSPS) is 12.1. The molecule has 0 aliphatic rings. The number of hydrogen-bond donors (Lipinski definition) is 3. The van der Waals surface area contributed by atoms with Crippen molar-refractivity contribution in [1.29, 1.82) is 0 Å². The number of urea groups is 1. The van der Waals surface area contributed by atoms with Crippen LogP contribution in [-0.2, 0) is 0 Å². The van der Waals surface area contributed by atoms with Crippen LogP contribution in [0, 0.1) is 17.6 Å². The Hall–Kier alpha value is -1.89. The molecule has 5 nitrogen and oxygen atoms in total. The maximum atomic E-state index is 13.4. The molecule has 0 heterocycles. The minimum atomic E-state index is -0.900. The molecule has 0 saturated heterocycles. The molecule has 0 aliphatic carbocycles. The van der Waals surface area contributed by atoms with E-state index in [9.17, 15) is 18.7 Å². The molecule has 1 unspecified atom stereocenters. The Morgan fingerprint density at radius 2 is 1.90 bits per heavy atom. The molecule has 3 N–H and O–H groups in total. The van der Waals surface area contributed by atoms with Crippen molar-refractivity contribution in [3.8, 4) is 5.75 Å². The summed E-state index contributed by atoms with van der Waals surface area (Å²) in [5.41, 5.74) is -0.0206. The van der Waals surface area contributed by atoms with Crippen molar-refractivity contribution >= 4 is 11.7 Å². The highest BCUT2D eigenvalue weighted by atomic mass is 19.1. The van der Waals surface area contributed by atoms with Gasteiger partial charge in [0.25, 0.3) is 0 Å². The van der Waals surface area contributed by atoms with E-state index in [1.807, 2.05) is 13.8 Å². The van der Waals surface area contributed by atoms with Gasteiger partial charge in [0.05, 0.1) is 13.2 Å². The molecule has 7 heteroatoms. The van der Waals surface area contributed by atoms with Crippen molar-refractivity contribution in [2.45, 2.75) is 26.4 Å². The Bertz CT molecular complexity index is 472.